The molecule has 0 radical (unpaired) electrons. The Morgan fingerprint density at radius 3 is 2.04 bits per heavy atom. The molecule has 2 aromatic rings. The quantitative estimate of drug-likeness (QED) is 0.833. The van der Waals surface area contributed by atoms with Crippen LogP contribution in [0, 0.1) is 6.92 Å². The highest BCUT2D eigenvalue weighted by Gasteiger charge is 2.37. The van der Waals surface area contributed by atoms with Gasteiger partial charge in [0.15, 0.2) is 0 Å². The number of nitrogens with zero attached hydrogens (tertiary/aromatic N) is 1. The van der Waals surface area contributed by atoms with E-state index in [-0.39, 0.29) is 19.0 Å². The Morgan fingerprint density at radius 1 is 1.04 bits per heavy atom. The predicted octanol–water partition coefficient (Wildman–Crippen LogP) is 3.99. The van der Waals surface area contributed by atoms with E-state index >= 15 is 0 Å². The highest BCUT2D eigenvalue weighted by atomic mass is 19.4. The van der Waals surface area contributed by atoms with Crippen molar-refractivity contribution in [3.05, 3.63) is 52.4 Å². The monoisotopic (exact) mass is 366 g/mol. The second kappa shape index (κ2) is 6.77. The van der Waals surface area contributed by atoms with Crippen LogP contribution in [0.5, 0.6) is 0 Å². The molecule has 0 saturated carbocycles. The number of aryl methyl sites for hydroxylation is 1. The summed E-state index contributed by atoms with van der Waals surface area (Å²) in [5, 5.41) is 5.86. The zero-order valence-electron chi connectivity index (χ0n) is 12.8. The fourth-order valence-corrected chi connectivity index (χ4v) is 2.02. The van der Waals surface area contributed by atoms with Gasteiger partial charge in [-0.1, -0.05) is 5.16 Å². The van der Waals surface area contributed by atoms with Crippen molar-refractivity contribution >= 4 is 5.91 Å². The van der Waals surface area contributed by atoms with Crippen molar-refractivity contribution in [3.63, 3.8) is 0 Å². The van der Waals surface area contributed by atoms with E-state index in [1.807, 2.05) is 0 Å². The number of alkyl halides is 6. The zero-order valence-corrected chi connectivity index (χ0v) is 12.8. The molecular formula is C15H12F6N2O2. The summed E-state index contributed by atoms with van der Waals surface area (Å²) in [6.45, 7) is 1.64. The van der Waals surface area contributed by atoms with Gasteiger partial charge in [-0.2, -0.15) is 26.3 Å². The first-order chi connectivity index (χ1) is 11.5. The molecule has 1 aromatic heterocycles. The summed E-state index contributed by atoms with van der Waals surface area (Å²) in [5.74, 6) is -0.620. The number of halogens is 6. The number of aromatic nitrogens is 1. The number of amides is 1. The van der Waals surface area contributed by atoms with Crippen molar-refractivity contribution < 1.29 is 35.7 Å². The minimum absolute atomic E-state index is 0.0337. The fourth-order valence-electron chi connectivity index (χ4n) is 2.02. The van der Waals surface area contributed by atoms with Crippen molar-refractivity contribution in [3.8, 4) is 0 Å². The van der Waals surface area contributed by atoms with E-state index in [0.29, 0.717) is 23.6 Å². The minimum atomic E-state index is -5.01. The topological polar surface area (TPSA) is 55.1 Å². The first-order valence-corrected chi connectivity index (χ1v) is 6.96. The molecule has 1 heterocycles. The maximum absolute atomic E-state index is 12.8. The Labute approximate surface area is 137 Å². The molecule has 0 bridgehead atoms. The number of nitrogens with one attached hydrogen (secondary N) is 1. The molecule has 25 heavy (non-hydrogen) atoms. The first-order valence-electron chi connectivity index (χ1n) is 6.96. The molecule has 0 unspecified atom stereocenters. The van der Waals surface area contributed by atoms with Crippen LogP contribution in [0.15, 0.2) is 28.8 Å². The summed E-state index contributed by atoms with van der Waals surface area (Å²) in [7, 11) is 0. The van der Waals surface area contributed by atoms with E-state index in [4.69, 9.17) is 4.52 Å². The van der Waals surface area contributed by atoms with E-state index in [2.05, 4.69) is 10.5 Å². The normalized spacial score (nSPS) is 12.3. The smallest absolute Gasteiger partial charge is 0.361 e. The van der Waals surface area contributed by atoms with Gasteiger partial charge < -0.3 is 9.84 Å². The Bertz CT molecular complexity index is 732. The van der Waals surface area contributed by atoms with Gasteiger partial charge >= 0.3 is 12.4 Å². The SMILES string of the molecule is Cc1cc(CCNC(=O)c2cc(C(F)(F)F)cc(C(F)(F)F)c2)on1. The van der Waals surface area contributed by atoms with E-state index in [1.165, 1.54) is 0 Å². The van der Waals surface area contributed by atoms with Crippen LogP contribution in [-0.2, 0) is 18.8 Å². The second-order valence-corrected chi connectivity index (χ2v) is 5.24. The number of carbonyl (C=O) groups excluding carboxylic acids is 1. The van der Waals surface area contributed by atoms with Gasteiger partial charge in [-0.25, -0.2) is 0 Å². The van der Waals surface area contributed by atoms with E-state index < -0.39 is 35.0 Å². The Hall–Kier alpha value is -2.52. The lowest BCUT2D eigenvalue weighted by Crippen LogP contribution is -2.26. The number of hydrogen-bond donors (Lipinski definition) is 1. The molecule has 0 spiro atoms. The molecular weight excluding hydrogens is 354 g/mol. The van der Waals surface area contributed by atoms with Crippen LogP contribution in [-0.4, -0.2) is 17.6 Å². The molecule has 4 nitrogen and oxygen atoms in total. The standard InChI is InChI=1S/C15H12F6N2O2/c1-8-4-12(25-23-8)2-3-22-13(24)9-5-10(14(16,17)18)7-11(6-9)15(19,20)21/h4-7H,2-3H2,1H3,(H,22,24). The summed E-state index contributed by atoms with van der Waals surface area (Å²) in [6, 6.07) is 2.32. The van der Waals surface area contributed by atoms with Gasteiger partial charge in [0.2, 0.25) is 0 Å². The van der Waals surface area contributed by atoms with Crippen LogP contribution in [0.1, 0.15) is 32.9 Å². The molecule has 1 N–H and O–H groups in total. The number of carbonyl (C=O) groups is 1. The van der Waals surface area contributed by atoms with Crippen molar-refractivity contribution in [2.45, 2.75) is 25.7 Å². The fraction of sp³-hybridized carbons (Fsp3) is 0.333. The van der Waals surface area contributed by atoms with Crippen molar-refractivity contribution in [2.24, 2.45) is 0 Å². The number of hydrogen-bond acceptors (Lipinski definition) is 3. The third-order valence-corrected chi connectivity index (χ3v) is 3.18. The van der Waals surface area contributed by atoms with Crippen LogP contribution in [0.3, 0.4) is 0 Å². The van der Waals surface area contributed by atoms with Crippen LogP contribution in [0.25, 0.3) is 0 Å². The lowest BCUT2D eigenvalue weighted by Gasteiger charge is -2.14. The Morgan fingerprint density at radius 2 is 1.60 bits per heavy atom. The van der Waals surface area contributed by atoms with Gasteiger partial charge in [-0.05, 0) is 25.1 Å². The van der Waals surface area contributed by atoms with Crippen molar-refractivity contribution in [2.75, 3.05) is 6.54 Å². The third-order valence-electron chi connectivity index (χ3n) is 3.18. The lowest BCUT2D eigenvalue weighted by atomic mass is 10.0. The first kappa shape index (κ1) is 18.8. The van der Waals surface area contributed by atoms with Crippen molar-refractivity contribution in [1.29, 1.82) is 0 Å². The summed E-state index contributed by atoms with van der Waals surface area (Å²) >= 11 is 0. The van der Waals surface area contributed by atoms with E-state index in [9.17, 15) is 31.1 Å². The van der Waals surface area contributed by atoms with Gasteiger partial charge in [0.25, 0.3) is 5.91 Å². The van der Waals surface area contributed by atoms with Crippen LogP contribution in [0.2, 0.25) is 0 Å². The number of rotatable bonds is 4. The van der Waals surface area contributed by atoms with Gasteiger partial charge in [0, 0.05) is 24.6 Å². The van der Waals surface area contributed by atoms with E-state index in [1.54, 1.807) is 13.0 Å². The summed E-state index contributed by atoms with van der Waals surface area (Å²) < 4.78 is 81.4. The molecule has 0 fully saturated rings. The van der Waals surface area contributed by atoms with Gasteiger partial charge in [0.05, 0.1) is 16.8 Å². The average molecular weight is 366 g/mol. The Balaban J connectivity index is 2.17. The highest BCUT2D eigenvalue weighted by Crippen LogP contribution is 2.36. The van der Waals surface area contributed by atoms with Gasteiger partial charge in [-0.3, -0.25) is 4.79 Å². The van der Waals surface area contributed by atoms with E-state index in [0.717, 1.165) is 0 Å². The van der Waals surface area contributed by atoms with Crippen LogP contribution in [0.4, 0.5) is 26.3 Å². The molecule has 10 heteroatoms. The highest BCUT2D eigenvalue weighted by molar-refractivity contribution is 5.94. The van der Waals surface area contributed by atoms with Crippen LogP contribution >= 0.6 is 0 Å². The third kappa shape index (κ3) is 4.97. The minimum Gasteiger partial charge on any atom is -0.361 e. The second-order valence-electron chi connectivity index (χ2n) is 5.24. The van der Waals surface area contributed by atoms with Crippen LogP contribution < -0.4 is 5.32 Å². The molecule has 1 aromatic carbocycles. The summed E-state index contributed by atoms with van der Waals surface area (Å²) in [5.41, 5.74) is -3.21. The maximum Gasteiger partial charge on any atom is 0.416 e. The van der Waals surface area contributed by atoms with Gasteiger partial charge in [-0.15, -0.1) is 0 Å². The Kier molecular flexibility index (Phi) is 5.09. The zero-order chi connectivity index (χ0) is 18.8. The molecule has 0 atom stereocenters. The molecule has 136 valence electrons. The molecule has 0 aliphatic rings. The summed E-state index contributed by atoms with van der Waals surface area (Å²) in [4.78, 5) is 11.9. The average Bonchev–Trinajstić information content (AvgIpc) is 2.90. The molecule has 0 aliphatic heterocycles. The van der Waals surface area contributed by atoms with Crippen molar-refractivity contribution in [1.82, 2.24) is 10.5 Å². The molecule has 0 aliphatic carbocycles. The predicted molar refractivity (Wildman–Crippen MR) is 73.7 cm³/mol. The maximum atomic E-state index is 12.8. The summed E-state index contributed by atoms with van der Waals surface area (Å²) in [6.07, 6.45) is -9.82. The molecule has 0 saturated heterocycles. The largest absolute Gasteiger partial charge is 0.416 e. The number of benzene rings is 1. The lowest BCUT2D eigenvalue weighted by molar-refractivity contribution is -0.143. The molecule has 2 rings (SSSR count). The van der Waals surface area contributed by atoms with Gasteiger partial charge in [0.1, 0.15) is 5.76 Å². The molecule has 1 amide bonds.